The predicted molar refractivity (Wildman–Crippen MR) is 75.5 cm³/mol. The minimum atomic E-state index is -1.35. The van der Waals surface area contributed by atoms with Gasteiger partial charge in [0.15, 0.2) is 0 Å². The van der Waals surface area contributed by atoms with E-state index >= 15 is 0 Å². The Hall–Kier alpha value is -2.53. The number of aryl methyl sites for hydroxylation is 1. The van der Waals surface area contributed by atoms with Crippen LogP contribution < -0.4 is 0 Å². The van der Waals surface area contributed by atoms with Gasteiger partial charge in [0.2, 0.25) is 0 Å². The molecule has 7 nitrogen and oxygen atoms in total. The lowest BCUT2D eigenvalue weighted by atomic mass is 9.93. The molecule has 0 bridgehead atoms. The van der Waals surface area contributed by atoms with Crippen molar-refractivity contribution < 1.29 is 19.4 Å². The summed E-state index contributed by atoms with van der Waals surface area (Å²) in [6.45, 7) is 1.70. The van der Waals surface area contributed by atoms with Gasteiger partial charge in [-0.1, -0.05) is 35.4 Å². The normalized spacial score (nSPS) is 12.8. The second kappa shape index (κ2) is 8.60. The number of esters is 1. The molecule has 0 radical (unpaired) electrons. The number of carbonyl (C=O) groups is 2. The van der Waals surface area contributed by atoms with Crippen LogP contribution >= 0.6 is 0 Å². The van der Waals surface area contributed by atoms with Crippen LogP contribution in [0.1, 0.15) is 18.9 Å². The zero-order valence-electron chi connectivity index (χ0n) is 11.7. The summed E-state index contributed by atoms with van der Waals surface area (Å²) in [6, 6.07) is 7.94. The standard InChI is InChI=1S/C14H17N3O4/c1-2-21-14(20)12(16-17-15)11(13(18)19)9-8-10-6-4-3-5-7-10/h3-7,11-12H,2,8-9H2,1H3,(H,18,19)/t11-,12+/m0/s1. The fraction of sp³-hybridized carbons (Fsp3) is 0.429. The molecule has 1 N–H and O–H groups in total. The van der Waals surface area contributed by atoms with E-state index in [9.17, 15) is 14.7 Å². The van der Waals surface area contributed by atoms with Crippen molar-refractivity contribution in [1.82, 2.24) is 0 Å². The monoisotopic (exact) mass is 291 g/mol. The average molecular weight is 291 g/mol. The maximum Gasteiger partial charge on any atom is 0.315 e. The van der Waals surface area contributed by atoms with E-state index in [4.69, 9.17) is 10.3 Å². The molecule has 0 aliphatic rings. The first-order chi connectivity index (χ1) is 10.1. The van der Waals surface area contributed by atoms with Crippen LogP contribution in [0.25, 0.3) is 10.4 Å². The van der Waals surface area contributed by atoms with E-state index in [0.29, 0.717) is 6.42 Å². The quantitative estimate of drug-likeness (QED) is 0.343. The van der Waals surface area contributed by atoms with Crippen LogP contribution in [0.4, 0.5) is 0 Å². The third-order valence-corrected chi connectivity index (χ3v) is 2.99. The van der Waals surface area contributed by atoms with Gasteiger partial charge in [0.1, 0.15) is 6.04 Å². The van der Waals surface area contributed by atoms with Crippen LogP contribution in [0.2, 0.25) is 0 Å². The third-order valence-electron chi connectivity index (χ3n) is 2.99. The summed E-state index contributed by atoms with van der Waals surface area (Å²) in [5.74, 6) is -3.10. The van der Waals surface area contributed by atoms with Crippen molar-refractivity contribution >= 4 is 11.9 Å². The number of benzene rings is 1. The second-order valence-corrected chi connectivity index (χ2v) is 4.37. The number of carboxylic acid groups (broad SMARTS) is 1. The molecular formula is C14H17N3O4. The van der Waals surface area contributed by atoms with Crippen molar-refractivity contribution in [3.63, 3.8) is 0 Å². The van der Waals surface area contributed by atoms with Crippen molar-refractivity contribution in [3.8, 4) is 0 Å². The Morgan fingerprint density at radius 1 is 1.38 bits per heavy atom. The largest absolute Gasteiger partial charge is 0.481 e. The SMILES string of the molecule is CCOC(=O)[C@H](N=[N+]=[N-])[C@H](CCc1ccccc1)C(=O)O. The Bertz CT molecular complexity index is 526. The molecule has 112 valence electrons. The van der Waals surface area contributed by atoms with E-state index in [-0.39, 0.29) is 13.0 Å². The van der Waals surface area contributed by atoms with E-state index in [2.05, 4.69) is 10.0 Å². The molecule has 0 amide bonds. The molecule has 21 heavy (non-hydrogen) atoms. The summed E-state index contributed by atoms with van der Waals surface area (Å²) < 4.78 is 4.77. The minimum absolute atomic E-state index is 0.0985. The van der Waals surface area contributed by atoms with Crippen LogP contribution in [0.5, 0.6) is 0 Å². The van der Waals surface area contributed by atoms with Crippen molar-refractivity contribution in [2.75, 3.05) is 6.61 Å². The summed E-state index contributed by atoms with van der Waals surface area (Å²) in [4.78, 5) is 25.7. The number of carbonyl (C=O) groups excluding carboxylic acids is 1. The summed E-state index contributed by atoms with van der Waals surface area (Å²) in [6.07, 6.45) is 0.649. The van der Waals surface area contributed by atoms with Gasteiger partial charge in [0, 0.05) is 4.91 Å². The average Bonchev–Trinajstić information content (AvgIpc) is 2.47. The van der Waals surface area contributed by atoms with Gasteiger partial charge < -0.3 is 9.84 Å². The van der Waals surface area contributed by atoms with Gasteiger partial charge in [-0.2, -0.15) is 0 Å². The summed E-state index contributed by atoms with van der Waals surface area (Å²) in [7, 11) is 0. The highest BCUT2D eigenvalue weighted by atomic mass is 16.5. The van der Waals surface area contributed by atoms with Crippen LogP contribution in [-0.2, 0) is 20.7 Å². The van der Waals surface area contributed by atoms with E-state index in [0.717, 1.165) is 5.56 Å². The maximum atomic E-state index is 11.7. The molecule has 1 aromatic rings. The number of rotatable bonds is 8. The van der Waals surface area contributed by atoms with Gasteiger partial charge in [-0.25, -0.2) is 0 Å². The molecule has 0 aliphatic heterocycles. The summed E-state index contributed by atoms with van der Waals surface area (Å²) in [5, 5.41) is 12.6. The number of hydrogen-bond acceptors (Lipinski definition) is 4. The first-order valence-corrected chi connectivity index (χ1v) is 6.57. The number of carboxylic acids is 1. The first-order valence-electron chi connectivity index (χ1n) is 6.57. The molecule has 0 fully saturated rings. The van der Waals surface area contributed by atoms with E-state index < -0.39 is 23.9 Å². The molecule has 1 aromatic carbocycles. The lowest BCUT2D eigenvalue weighted by molar-refractivity contribution is -0.153. The smallest absolute Gasteiger partial charge is 0.315 e. The highest BCUT2D eigenvalue weighted by Gasteiger charge is 2.33. The van der Waals surface area contributed by atoms with Crippen LogP contribution in [0.15, 0.2) is 35.4 Å². The van der Waals surface area contributed by atoms with Crippen molar-refractivity contribution in [2.24, 2.45) is 11.0 Å². The Kier molecular flexibility index (Phi) is 6.77. The highest BCUT2D eigenvalue weighted by Crippen LogP contribution is 2.18. The zero-order chi connectivity index (χ0) is 15.7. The third kappa shape index (κ3) is 5.16. The second-order valence-electron chi connectivity index (χ2n) is 4.37. The van der Waals surface area contributed by atoms with Gasteiger partial charge >= 0.3 is 11.9 Å². The zero-order valence-corrected chi connectivity index (χ0v) is 11.7. The van der Waals surface area contributed by atoms with Crippen LogP contribution in [0, 0.1) is 5.92 Å². The minimum Gasteiger partial charge on any atom is -0.481 e. The molecular weight excluding hydrogens is 274 g/mol. The number of ether oxygens (including phenoxy) is 1. The Morgan fingerprint density at radius 2 is 2.05 bits per heavy atom. The molecule has 0 aliphatic carbocycles. The van der Waals surface area contributed by atoms with Gasteiger partial charge in [0.25, 0.3) is 0 Å². The van der Waals surface area contributed by atoms with E-state index in [1.54, 1.807) is 6.92 Å². The van der Waals surface area contributed by atoms with Crippen LogP contribution in [0.3, 0.4) is 0 Å². The fourth-order valence-corrected chi connectivity index (χ4v) is 1.96. The van der Waals surface area contributed by atoms with Crippen molar-refractivity contribution in [1.29, 1.82) is 0 Å². The molecule has 0 spiro atoms. The van der Waals surface area contributed by atoms with E-state index in [1.807, 2.05) is 30.3 Å². The fourth-order valence-electron chi connectivity index (χ4n) is 1.96. The topological polar surface area (TPSA) is 112 Å². The van der Waals surface area contributed by atoms with Gasteiger partial charge in [-0.15, -0.1) is 0 Å². The molecule has 2 atom stereocenters. The maximum absolute atomic E-state index is 11.7. The first kappa shape index (κ1) is 16.5. The Morgan fingerprint density at radius 3 is 2.57 bits per heavy atom. The number of aliphatic carboxylic acids is 1. The number of azide groups is 1. The van der Waals surface area contributed by atoms with Crippen molar-refractivity contribution in [3.05, 3.63) is 46.3 Å². The predicted octanol–water partition coefficient (Wildman–Crippen LogP) is 2.56. The lowest BCUT2D eigenvalue weighted by Crippen LogP contribution is -2.35. The Labute approximate surface area is 122 Å². The van der Waals surface area contributed by atoms with Gasteiger partial charge in [0.05, 0.1) is 12.5 Å². The van der Waals surface area contributed by atoms with Gasteiger partial charge in [-0.05, 0) is 30.9 Å². The Balaban J connectivity index is 2.84. The molecule has 0 heterocycles. The summed E-state index contributed by atoms with van der Waals surface area (Å²) in [5.41, 5.74) is 9.48. The lowest BCUT2D eigenvalue weighted by Gasteiger charge is -2.18. The highest BCUT2D eigenvalue weighted by molar-refractivity contribution is 5.84. The number of hydrogen-bond donors (Lipinski definition) is 1. The number of nitrogens with zero attached hydrogens (tertiary/aromatic N) is 3. The molecule has 0 unspecified atom stereocenters. The van der Waals surface area contributed by atoms with E-state index in [1.165, 1.54) is 0 Å². The van der Waals surface area contributed by atoms with Crippen molar-refractivity contribution in [2.45, 2.75) is 25.8 Å². The molecule has 0 saturated carbocycles. The molecule has 0 saturated heterocycles. The molecule has 1 rings (SSSR count). The van der Waals surface area contributed by atoms with Gasteiger partial charge in [-0.3, -0.25) is 9.59 Å². The molecule has 0 aromatic heterocycles. The molecule has 7 heteroatoms. The summed E-state index contributed by atoms with van der Waals surface area (Å²) >= 11 is 0. The van der Waals surface area contributed by atoms with Crippen LogP contribution in [-0.4, -0.2) is 29.7 Å².